The molecule has 5 atom stereocenters. The number of aliphatic hydroxyl groups is 1. The van der Waals surface area contributed by atoms with Crippen LogP contribution in [0.3, 0.4) is 0 Å². The maximum absolute atomic E-state index is 12.5. The first-order chi connectivity index (χ1) is 12.0. The number of hydrogen-bond acceptors (Lipinski definition) is 4. The Balaban J connectivity index is 1.81. The van der Waals surface area contributed by atoms with E-state index in [1.807, 2.05) is 12.1 Å². The van der Waals surface area contributed by atoms with E-state index in [0.717, 1.165) is 41.5 Å². The van der Waals surface area contributed by atoms with Crippen LogP contribution in [0, 0.1) is 23.0 Å². The van der Waals surface area contributed by atoms with Gasteiger partial charge in [0.15, 0.2) is 12.4 Å². The molecule has 6 nitrogen and oxygen atoms in total. The molecular weight excluding hydrogens is 320 g/mol. The Morgan fingerprint density at radius 3 is 3.04 bits per heavy atom. The first-order valence-electron chi connectivity index (χ1n) is 8.90. The van der Waals surface area contributed by atoms with Crippen LogP contribution in [0.25, 0.3) is 0 Å². The molecule has 1 saturated carbocycles. The zero-order valence-corrected chi connectivity index (χ0v) is 14.4. The molecule has 0 bridgehead atoms. The van der Waals surface area contributed by atoms with Crippen molar-refractivity contribution in [2.24, 2.45) is 17.8 Å². The van der Waals surface area contributed by atoms with Crippen molar-refractivity contribution in [3.05, 3.63) is 47.4 Å². The number of hydrogen-bond donors (Lipinski definition) is 1. The van der Waals surface area contributed by atoms with E-state index in [1.165, 1.54) is 13.3 Å². The van der Waals surface area contributed by atoms with Crippen molar-refractivity contribution in [3.63, 3.8) is 0 Å². The maximum atomic E-state index is 12.5. The van der Waals surface area contributed by atoms with E-state index in [9.17, 15) is 15.1 Å². The highest BCUT2D eigenvalue weighted by Gasteiger charge is 2.59. The third-order valence-corrected chi connectivity index (χ3v) is 6.57. The minimum absolute atomic E-state index is 0.00780. The second-order valence-electron chi connectivity index (χ2n) is 7.55. The van der Waals surface area contributed by atoms with Crippen LogP contribution in [0.15, 0.2) is 31.1 Å². The van der Waals surface area contributed by atoms with Crippen molar-refractivity contribution >= 4 is 6.09 Å². The van der Waals surface area contributed by atoms with Crippen molar-refractivity contribution in [2.45, 2.75) is 37.3 Å². The quantitative estimate of drug-likeness (QED) is 0.480. The van der Waals surface area contributed by atoms with E-state index in [-0.39, 0.29) is 30.3 Å². The number of aryl methyl sites for hydroxylation is 1. The molecule has 2 fully saturated rings. The summed E-state index contributed by atoms with van der Waals surface area (Å²) in [6, 6.07) is 1.67. The van der Waals surface area contributed by atoms with Crippen LogP contribution >= 0.6 is 0 Å². The van der Waals surface area contributed by atoms with Gasteiger partial charge in [0.05, 0.1) is 25.3 Å². The molecule has 0 unspecified atom stereocenters. The highest BCUT2D eigenvalue weighted by molar-refractivity contribution is 5.69. The van der Waals surface area contributed by atoms with Crippen LogP contribution in [0.4, 0.5) is 4.79 Å². The molecule has 0 radical (unpaired) electrons. The van der Waals surface area contributed by atoms with Crippen molar-refractivity contribution in [1.82, 2.24) is 4.90 Å². The first-order valence-corrected chi connectivity index (χ1v) is 8.90. The number of rotatable bonds is 1. The number of likely N-dealkylation sites (tertiary alicyclic amines) is 1. The van der Waals surface area contributed by atoms with E-state index < -0.39 is 11.7 Å². The second kappa shape index (κ2) is 5.73. The fourth-order valence-corrected chi connectivity index (χ4v) is 5.50. The summed E-state index contributed by atoms with van der Waals surface area (Å²) < 4.78 is 5.83. The molecule has 1 saturated heterocycles. The Labute approximate surface area is 147 Å². The number of methoxy groups -OCH3 is 1. The molecule has 4 rings (SSSR count). The van der Waals surface area contributed by atoms with Crippen molar-refractivity contribution < 1.29 is 19.4 Å². The van der Waals surface area contributed by atoms with Crippen LogP contribution in [-0.4, -0.2) is 35.4 Å². The van der Waals surface area contributed by atoms with Gasteiger partial charge in [-0.25, -0.2) is 4.79 Å². The van der Waals surface area contributed by atoms with Crippen LogP contribution in [0.5, 0.6) is 0 Å². The van der Waals surface area contributed by atoms with E-state index >= 15 is 0 Å². The summed E-state index contributed by atoms with van der Waals surface area (Å²) in [4.78, 5) is 14.2. The first kappa shape index (κ1) is 16.4. The third-order valence-electron chi connectivity index (χ3n) is 6.57. The summed E-state index contributed by atoms with van der Waals surface area (Å²) in [5, 5.41) is 23.1. The molecule has 1 aromatic heterocycles. The lowest BCUT2D eigenvalue weighted by molar-refractivity contribution is -0.606. The number of piperidine rings is 1. The number of nitrogens with zero attached hydrogens (tertiary/aromatic N) is 2. The standard InChI is InChI=1S/C19H24N2O4/c1-3-13-5-7-16-15-6-4-12-10-20(24)9-8-14(12)17(15)21(18(22)25-2)11-19(13,16)23/h3,8-10,13,15-17,23H,1,4-7,11H2,2H3/t13-,15+,16+,17+,19-/m1/s1. The molecule has 1 aliphatic heterocycles. The monoisotopic (exact) mass is 344 g/mol. The van der Waals surface area contributed by atoms with Gasteiger partial charge in [-0.3, -0.25) is 4.90 Å². The molecular formula is C19H24N2O4. The van der Waals surface area contributed by atoms with Gasteiger partial charge in [-0.15, -0.1) is 6.58 Å². The SMILES string of the molecule is C=C[C@@H]1CC[C@H]2[C@@H]3CCc4c[n+]([O-])ccc4[C@@H]3N(C(=O)OC)C[C@@]12O. The Morgan fingerprint density at radius 1 is 1.52 bits per heavy atom. The average Bonchev–Trinajstić information content (AvgIpc) is 2.95. The normalized spacial score (nSPS) is 36.2. The number of aromatic nitrogens is 1. The van der Waals surface area contributed by atoms with Gasteiger partial charge in [0.1, 0.15) is 0 Å². The molecule has 1 aromatic rings. The zero-order valence-electron chi connectivity index (χ0n) is 14.4. The van der Waals surface area contributed by atoms with Crippen LogP contribution in [-0.2, 0) is 11.2 Å². The average molecular weight is 344 g/mol. The highest BCUT2D eigenvalue weighted by atomic mass is 16.5. The molecule has 0 aromatic carbocycles. The Hall–Kier alpha value is -2.08. The summed E-state index contributed by atoms with van der Waals surface area (Å²) in [7, 11) is 1.37. The van der Waals surface area contributed by atoms with Gasteiger partial charge in [-0.05, 0) is 43.1 Å². The molecule has 2 aliphatic carbocycles. The largest absolute Gasteiger partial charge is 0.619 e. The van der Waals surface area contributed by atoms with Crippen LogP contribution in [0.1, 0.15) is 36.4 Å². The number of fused-ring (bicyclic) bond motifs is 5. The minimum atomic E-state index is -0.943. The minimum Gasteiger partial charge on any atom is -0.619 e. The Morgan fingerprint density at radius 2 is 2.32 bits per heavy atom. The number of ether oxygens (including phenoxy) is 1. The van der Waals surface area contributed by atoms with Gasteiger partial charge < -0.3 is 15.1 Å². The topological polar surface area (TPSA) is 76.7 Å². The lowest BCUT2D eigenvalue weighted by Gasteiger charge is -2.53. The number of pyridine rings is 1. The summed E-state index contributed by atoms with van der Waals surface area (Å²) in [6.45, 7) is 4.13. The fraction of sp³-hybridized carbons (Fsp3) is 0.579. The van der Waals surface area contributed by atoms with Gasteiger partial charge >= 0.3 is 6.09 Å². The van der Waals surface area contributed by atoms with Crippen molar-refractivity contribution in [3.8, 4) is 0 Å². The van der Waals surface area contributed by atoms with Gasteiger partial charge in [0.25, 0.3) is 0 Å². The van der Waals surface area contributed by atoms with E-state index in [0.29, 0.717) is 0 Å². The summed E-state index contributed by atoms with van der Waals surface area (Å²) in [5.74, 6) is 0.290. The summed E-state index contributed by atoms with van der Waals surface area (Å²) in [6.07, 6.45) is 7.96. The zero-order chi connectivity index (χ0) is 17.8. The molecule has 2 heterocycles. The lowest BCUT2D eigenvalue weighted by atomic mass is 9.64. The third kappa shape index (κ3) is 2.27. The smallest absolute Gasteiger partial charge is 0.410 e. The maximum Gasteiger partial charge on any atom is 0.410 e. The van der Waals surface area contributed by atoms with Gasteiger partial charge in [0, 0.05) is 17.5 Å². The van der Waals surface area contributed by atoms with Crippen molar-refractivity contribution in [2.75, 3.05) is 13.7 Å². The lowest BCUT2D eigenvalue weighted by Crippen LogP contribution is -2.61. The Kier molecular flexibility index (Phi) is 3.76. The predicted molar refractivity (Wildman–Crippen MR) is 90.4 cm³/mol. The van der Waals surface area contributed by atoms with E-state index in [1.54, 1.807) is 11.1 Å². The predicted octanol–water partition coefficient (Wildman–Crippen LogP) is 1.95. The molecule has 25 heavy (non-hydrogen) atoms. The van der Waals surface area contributed by atoms with Gasteiger partial charge in [0.2, 0.25) is 0 Å². The van der Waals surface area contributed by atoms with Crippen LogP contribution in [0.2, 0.25) is 0 Å². The van der Waals surface area contributed by atoms with Crippen LogP contribution < -0.4 is 4.73 Å². The van der Waals surface area contributed by atoms with Gasteiger partial charge in [-0.2, -0.15) is 4.73 Å². The highest BCUT2D eigenvalue weighted by Crippen LogP contribution is 2.56. The van der Waals surface area contributed by atoms with Crippen molar-refractivity contribution in [1.29, 1.82) is 0 Å². The number of carbonyl (C=O) groups is 1. The van der Waals surface area contributed by atoms with E-state index in [4.69, 9.17) is 4.74 Å². The van der Waals surface area contributed by atoms with E-state index in [2.05, 4.69) is 6.58 Å². The molecule has 1 amide bonds. The molecule has 3 aliphatic rings. The fourth-order valence-electron chi connectivity index (χ4n) is 5.50. The summed E-state index contributed by atoms with van der Waals surface area (Å²) >= 11 is 0. The molecule has 6 heteroatoms. The second-order valence-corrected chi connectivity index (χ2v) is 7.55. The van der Waals surface area contributed by atoms with Gasteiger partial charge in [-0.1, -0.05) is 6.08 Å². The molecule has 1 N–H and O–H groups in total. The number of carbonyl (C=O) groups excluding carboxylic acids is 1. The summed E-state index contributed by atoms with van der Waals surface area (Å²) in [5.41, 5.74) is 1.05. The molecule has 134 valence electrons. The number of amides is 1. The molecule has 0 spiro atoms. The Bertz CT molecular complexity index is 721. The number of β-amino-alcohol motifs (C(OH)–C–C–N with tert-alkyl or cyclic N) is 1.